The molecule has 140 valence electrons. The third-order valence-electron chi connectivity index (χ3n) is 5.07. The van der Waals surface area contributed by atoms with Crippen molar-refractivity contribution in [2.45, 2.75) is 57.7 Å². The second-order valence-electron chi connectivity index (χ2n) is 8.15. The summed E-state index contributed by atoms with van der Waals surface area (Å²) in [7, 11) is 0. The lowest BCUT2D eigenvalue weighted by molar-refractivity contribution is -0.495. The Balaban J connectivity index is 1.70. The van der Waals surface area contributed by atoms with E-state index in [1.807, 2.05) is 4.68 Å². The summed E-state index contributed by atoms with van der Waals surface area (Å²) in [6.45, 7) is 6.39. The van der Waals surface area contributed by atoms with Gasteiger partial charge in [-0.15, -0.1) is 10.2 Å². The van der Waals surface area contributed by atoms with Gasteiger partial charge in [0.15, 0.2) is 5.01 Å². The molecule has 0 aliphatic carbocycles. The largest absolute Gasteiger partial charge is 0.368 e. The number of aromatic amines is 1. The summed E-state index contributed by atoms with van der Waals surface area (Å²) < 4.78 is 8.71. The minimum atomic E-state index is -0.0536. The minimum absolute atomic E-state index is 0.00344. The summed E-state index contributed by atoms with van der Waals surface area (Å²) in [4.78, 5) is 14.9. The standard InChI is InChI=1S/C18H21N6O2S/c1-18(2,3)17-21-20-16(27-17)14-11-8-10-4-5-12(26-10)15(11)24(22-14)13-9-23(25)7-6-19-13/h6-7,9-10,12H,4-5,8H2,1-3H3,(H,19,25)/q+1. The van der Waals surface area contributed by atoms with E-state index in [0.717, 1.165) is 45.1 Å². The highest BCUT2D eigenvalue weighted by molar-refractivity contribution is 7.14. The molecule has 2 unspecified atom stereocenters. The third kappa shape index (κ3) is 2.72. The fraction of sp³-hybridized carbons (Fsp3) is 0.500. The first kappa shape index (κ1) is 16.8. The second kappa shape index (κ2) is 5.80. The highest BCUT2D eigenvalue weighted by Gasteiger charge is 2.40. The highest BCUT2D eigenvalue weighted by atomic mass is 32.1. The molecule has 0 amide bonds. The summed E-state index contributed by atoms with van der Waals surface area (Å²) in [5.74, 6) is 0.615. The molecule has 2 atom stereocenters. The van der Waals surface area contributed by atoms with Crippen LogP contribution in [0, 0.1) is 4.91 Å². The average Bonchev–Trinajstić information content (AvgIpc) is 3.32. The van der Waals surface area contributed by atoms with Gasteiger partial charge in [0.1, 0.15) is 16.8 Å². The van der Waals surface area contributed by atoms with Gasteiger partial charge in [0.05, 0.1) is 22.4 Å². The molecule has 2 aliphatic heterocycles. The molecule has 3 aromatic rings. The number of hydrogen-bond acceptors (Lipinski definition) is 6. The summed E-state index contributed by atoms with van der Waals surface area (Å²) in [5.41, 5.74) is 2.99. The van der Waals surface area contributed by atoms with Gasteiger partial charge in [-0.3, -0.25) is 0 Å². The SMILES string of the molecule is CC(C)(C)c1nnc(-c2nn(-c3c[n+](=O)cc[nH]3)c3c2CC2CCC3O2)s1. The first-order valence-corrected chi connectivity index (χ1v) is 9.94. The van der Waals surface area contributed by atoms with Crippen molar-refractivity contribution in [3.8, 4) is 16.5 Å². The normalized spacial score (nSPS) is 21.4. The molecule has 8 nitrogen and oxygen atoms in total. The number of fused-ring (bicyclic) bond motifs is 4. The number of nitrogens with one attached hydrogen (secondary N) is 1. The molecule has 0 saturated carbocycles. The van der Waals surface area contributed by atoms with E-state index in [1.54, 1.807) is 17.5 Å². The number of H-pyrrole nitrogens is 1. The molecule has 0 spiro atoms. The molecule has 1 saturated heterocycles. The first-order chi connectivity index (χ1) is 12.9. The zero-order chi connectivity index (χ0) is 18.8. The summed E-state index contributed by atoms with van der Waals surface area (Å²) in [5, 5.41) is 15.5. The van der Waals surface area contributed by atoms with Crippen molar-refractivity contribution in [1.29, 1.82) is 0 Å². The van der Waals surface area contributed by atoms with Gasteiger partial charge >= 0.3 is 0 Å². The van der Waals surface area contributed by atoms with E-state index < -0.39 is 0 Å². The van der Waals surface area contributed by atoms with Crippen LogP contribution in [0.2, 0.25) is 0 Å². The Kier molecular flexibility index (Phi) is 3.60. The van der Waals surface area contributed by atoms with E-state index in [9.17, 15) is 4.91 Å². The first-order valence-electron chi connectivity index (χ1n) is 9.12. The number of nitrogens with zero attached hydrogens (tertiary/aromatic N) is 5. The lowest BCUT2D eigenvalue weighted by Crippen LogP contribution is -2.21. The van der Waals surface area contributed by atoms with Gasteiger partial charge in [-0.25, -0.2) is 4.68 Å². The maximum absolute atomic E-state index is 11.8. The van der Waals surface area contributed by atoms with E-state index in [0.29, 0.717) is 5.82 Å². The van der Waals surface area contributed by atoms with Crippen molar-refractivity contribution in [3.63, 3.8) is 0 Å². The molecule has 2 bridgehead atoms. The Hall–Kier alpha value is -2.39. The smallest absolute Gasteiger partial charge is 0.270 e. The third-order valence-corrected chi connectivity index (χ3v) is 6.42. The van der Waals surface area contributed by atoms with Crippen molar-refractivity contribution in [1.82, 2.24) is 25.0 Å². The number of aromatic nitrogens is 6. The summed E-state index contributed by atoms with van der Waals surface area (Å²) in [6, 6.07) is 0. The zero-order valence-electron chi connectivity index (χ0n) is 15.5. The molecule has 27 heavy (non-hydrogen) atoms. The predicted octanol–water partition coefficient (Wildman–Crippen LogP) is 2.71. The molecule has 1 N–H and O–H groups in total. The number of hydrogen-bond donors (Lipinski definition) is 1. The van der Waals surface area contributed by atoms with Crippen molar-refractivity contribution in [2.75, 3.05) is 0 Å². The molecule has 5 rings (SSSR count). The van der Waals surface area contributed by atoms with Gasteiger partial charge in [0.25, 0.3) is 6.20 Å². The molecule has 9 heteroatoms. The van der Waals surface area contributed by atoms with Crippen LogP contribution in [-0.4, -0.2) is 31.1 Å². The van der Waals surface area contributed by atoms with Gasteiger partial charge in [0.2, 0.25) is 12.0 Å². The van der Waals surface area contributed by atoms with Crippen LogP contribution in [0.15, 0.2) is 18.6 Å². The van der Waals surface area contributed by atoms with E-state index >= 15 is 0 Å². The second-order valence-corrected chi connectivity index (χ2v) is 9.13. The van der Waals surface area contributed by atoms with Crippen LogP contribution in [0.5, 0.6) is 0 Å². The molecule has 1 fully saturated rings. The van der Waals surface area contributed by atoms with Crippen molar-refractivity contribution < 1.29 is 9.16 Å². The lowest BCUT2D eigenvalue weighted by Gasteiger charge is -2.22. The van der Waals surface area contributed by atoms with Crippen LogP contribution in [0.3, 0.4) is 0 Å². The van der Waals surface area contributed by atoms with Gasteiger partial charge in [-0.1, -0.05) is 32.1 Å². The Morgan fingerprint density at radius 2 is 2.19 bits per heavy atom. The molecule has 0 aromatic carbocycles. The fourth-order valence-corrected chi connectivity index (χ4v) is 4.68. The number of rotatable bonds is 2. The molecule has 2 aliphatic rings. The van der Waals surface area contributed by atoms with E-state index in [-0.39, 0.29) is 17.6 Å². The molecular weight excluding hydrogens is 364 g/mol. The minimum Gasteiger partial charge on any atom is -0.368 e. The van der Waals surface area contributed by atoms with Gasteiger partial charge in [-0.2, -0.15) is 5.10 Å². The van der Waals surface area contributed by atoms with Crippen LogP contribution in [0.4, 0.5) is 0 Å². The van der Waals surface area contributed by atoms with Crippen molar-refractivity contribution in [3.05, 3.63) is 39.8 Å². The lowest BCUT2D eigenvalue weighted by atomic mass is 9.98. The van der Waals surface area contributed by atoms with E-state index in [2.05, 4.69) is 36.0 Å². The Bertz CT molecular complexity index is 1080. The molecule has 3 aromatic heterocycles. The fourth-order valence-electron chi connectivity index (χ4n) is 3.77. The zero-order valence-corrected chi connectivity index (χ0v) is 16.3. The Morgan fingerprint density at radius 1 is 1.33 bits per heavy atom. The highest BCUT2D eigenvalue weighted by Crippen LogP contribution is 2.45. The van der Waals surface area contributed by atoms with Crippen molar-refractivity contribution >= 4 is 11.3 Å². The Morgan fingerprint density at radius 3 is 2.93 bits per heavy atom. The van der Waals surface area contributed by atoms with Gasteiger partial charge in [0, 0.05) is 22.3 Å². The quantitative estimate of drug-likeness (QED) is 0.685. The maximum Gasteiger partial charge on any atom is 0.270 e. The van der Waals surface area contributed by atoms with Crippen LogP contribution < -0.4 is 4.43 Å². The van der Waals surface area contributed by atoms with Crippen LogP contribution in [0.25, 0.3) is 16.5 Å². The average molecular weight is 385 g/mol. The van der Waals surface area contributed by atoms with E-state index in [1.165, 1.54) is 18.0 Å². The number of ether oxygens (including phenoxy) is 1. The summed E-state index contributed by atoms with van der Waals surface area (Å²) in [6.07, 6.45) is 7.58. The van der Waals surface area contributed by atoms with Crippen molar-refractivity contribution in [2.24, 2.45) is 0 Å². The molecular formula is C18H21N6O2S+. The monoisotopic (exact) mass is 385 g/mol. The van der Waals surface area contributed by atoms with Gasteiger partial charge in [-0.05, 0) is 12.8 Å². The molecule has 5 heterocycles. The summed E-state index contributed by atoms with van der Waals surface area (Å²) >= 11 is 1.58. The van der Waals surface area contributed by atoms with Gasteiger partial charge < -0.3 is 9.72 Å². The topological polar surface area (TPSA) is 91.6 Å². The van der Waals surface area contributed by atoms with Crippen LogP contribution >= 0.6 is 11.3 Å². The Labute approximate surface area is 159 Å². The predicted molar refractivity (Wildman–Crippen MR) is 99.4 cm³/mol. The van der Waals surface area contributed by atoms with Crippen LogP contribution in [0.1, 0.15) is 56.0 Å². The van der Waals surface area contributed by atoms with Crippen LogP contribution in [-0.2, 0) is 16.6 Å². The molecule has 0 radical (unpaired) electrons. The van der Waals surface area contributed by atoms with E-state index in [4.69, 9.17) is 9.84 Å². The maximum atomic E-state index is 11.8.